The molecule has 1 aliphatic rings. The summed E-state index contributed by atoms with van der Waals surface area (Å²) in [5.41, 5.74) is 9.31. The number of fused-ring (bicyclic) bond motifs is 1. The molecule has 0 saturated carbocycles. The van der Waals surface area contributed by atoms with E-state index < -0.39 is 5.82 Å². The van der Waals surface area contributed by atoms with E-state index in [1.165, 1.54) is 11.8 Å². The standard InChI is InChI=1S/C15H14FN3/c16-13-5-4-11(8-10(13)9-17)19-7-6-12-14(18)2-1-3-15(12)19/h4-8,14H,1-3,18H2. The first-order chi connectivity index (χ1) is 9.20. The average Bonchev–Trinajstić information content (AvgIpc) is 2.85. The van der Waals surface area contributed by atoms with E-state index in [0.717, 1.165) is 30.5 Å². The highest BCUT2D eigenvalue weighted by Gasteiger charge is 2.20. The number of nitrogens with two attached hydrogens (primary N) is 1. The molecule has 3 rings (SSSR count). The number of hydrogen-bond acceptors (Lipinski definition) is 2. The van der Waals surface area contributed by atoms with Crippen LogP contribution in [0, 0.1) is 17.1 Å². The lowest BCUT2D eigenvalue weighted by Gasteiger charge is -2.21. The van der Waals surface area contributed by atoms with Gasteiger partial charge in [0.05, 0.1) is 5.56 Å². The van der Waals surface area contributed by atoms with Crippen LogP contribution in [0.5, 0.6) is 0 Å². The van der Waals surface area contributed by atoms with Crippen LogP contribution in [0.15, 0.2) is 30.5 Å². The van der Waals surface area contributed by atoms with Crippen LogP contribution in [0.4, 0.5) is 4.39 Å². The van der Waals surface area contributed by atoms with Crippen LogP contribution in [-0.2, 0) is 6.42 Å². The summed E-state index contributed by atoms with van der Waals surface area (Å²) in [6.07, 6.45) is 4.98. The summed E-state index contributed by atoms with van der Waals surface area (Å²) < 4.78 is 15.4. The van der Waals surface area contributed by atoms with Gasteiger partial charge in [0.2, 0.25) is 0 Å². The number of halogens is 1. The molecule has 0 spiro atoms. The van der Waals surface area contributed by atoms with Crippen LogP contribution < -0.4 is 5.73 Å². The van der Waals surface area contributed by atoms with Crippen molar-refractivity contribution in [2.45, 2.75) is 25.3 Å². The monoisotopic (exact) mass is 255 g/mol. The smallest absolute Gasteiger partial charge is 0.141 e. The number of rotatable bonds is 1. The van der Waals surface area contributed by atoms with Crippen LogP contribution in [-0.4, -0.2) is 4.57 Å². The van der Waals surface area contributed by atoms with Crippen molar-refractivity contribution in [2.24, 2.45) is 5.73 Å². The second-order valence-corrected chi connectivity index (χ2v) is 4.86. The first kappa shape index (κ1) is 11.9. The number of hydrogen-bond donors (Lipinski definition) is 1. The molecule has 0 amide bonds. The molecule has 1 aliphatic carbocycles. The summed E-state index contributed by atoms with van der Waals surface area (Å²) in [5, 5.41) is 8.90. The van der Waals surface area contributed by atoms with Gasteiger partial charge in [0.15, 0.2) is 0 Å². The van der Waals surface area contributed by atoms with Gasteiger partial charge in [-0.25, -0.2) is 4.39 Å². The SMILES string of the molecule is N#Cc1cc(-n2ccc3c2CCCC3N)ccc1F. The third-order valence-corrected chi connectivity index (χ3v) is 3.70. The number of nitriles is 1. The van der Waals surface area contributed by atoms with Crippen molar-refractivity contribution < 1.29 is 4.39 Å². The lowest BCUT2D eigenvalue weighted by molar-refractivity contribution is 0.560. The van der Waals surface area contributed by atoms with E-state index in [9.17, 15) is 4.39 Å². The Hall–Kier alpha value is -2.12. The minimum Gasteiger partial charge on any atom is -0.324 e. The summed E-state index contributed by atoms with van der Waals surface area (Å²) in [7, 11) is 0. The summed E-state index contributed by atoms with van der Waals surface area (Å²) >= 11 is 0. The van der Waals surface area contributed by atoms with Gasteiger partial charge >= 0.3 is 0 Å². The number of nitrogens with zero attached hydrogens (tertiary/aromatic N) is 2. The third kappa shape index (κ3) is 1.92. The number of aromatic nitrogens is 1. The Kier molecular flexibility index (Phi) is 2.84. The van der Waals surface area contributed by atoms with Crippen LogP contribution in [0.1, 0.15) is 35.7 Å². The van der Waals surface area contributed by atoms with Gasteiger partial charge < -0.3 is 10.3 Å². The highest BCUT2D eigenvalue weighted by Crippen LogP contribution is 2.30. The van der Waals surface area contributed by atoms with E-state index in [4.69, 9.17) is 11.0 Å². The summed E-state index contributed by atoms with van der Waals surface area (Å²) in [5.74, 6) is -0.482. The predicted octanol–water partition coefficient (Wildman–Crippen LogP) is 2.82. The molecule has 0 saturated heterocycles. The summed E-state index contributed by atoms with van der Waals surface area (Å²) in [4.78, 5) is 0. The zero-order valence-electron chi connectivity index (χ0n) is 10.4. The lowest BCUT2D eigenvalue weighted by atomic mass is 9.93. The van der Waals surface area contributed by atoms with Crippen molar-refractivity contribution in [3.8, 4) is 11.8 Å². The number of benzene rings is 1. The molecule has 0 radical (unpaired) electrons. The van der Waals surface area contributed by atoms with Crippen LogP contribution in [0.25, 0.3) is 5.69 Å². The van der Waals surface area contributed by atoms with E-state index in [2.05, 4.69) is 0 Å². The van der Waals surface area contributed by atoms with Crippen molar-refractivity contribution in [3.63, 3.8) is 0 Å². The zero-order chi connectivity index (χ0) is 13.4. The molecule has 0 aliphatic heterocycles. The molecular weight excluding hydrogens is 241 g/mol. The predicted molar refractivity (Wildman–Crippen MR) is 70.3 cm³/mol. The molecule has 1 unspecified atom stereocenters. The molecule has 2 aromatic rings. The molecule has 0 fully saturated rings. The van der Waals surface area contributed by atoms with Crippen molar-refractivity contribution in [1.29, 1.82) is 5.26 Å². The van der Waals surface area contributed by atoms with Gasteiger partial charge in [0.25, 0.3) is 0 Å². The van der Waals surface area contributed by atoms with Crippen molar-refractivity contribution >= 4 is 0 Å². The highest BCUT2D eigenvalue weighted by atomic mass is 19.1. The Balaban J connectivity index is 2.11. The lowest BCUT2D eigenvalue weighted by Crippen LogP contribution is -2.17. The summed E-state index contributed by atoms with van der Waals surface area (Å²) in [6.45, 7) is 0. The van der Waals surface area contributed by atoms with Crippen LogP contribution in [0.2, 0.25) is 0 Å². The molecule has 96 valence electrons. The molecular formula is C15H14FN3. The van der Waals surface area contributed by atoms with Gasteiger partial charge in [-0.1, -0.05) is 0 Å². The van der Waals surface area contributed by atoms with E-state index in [1.807, 2.05) is 22.9 Å². The topological polar surface area (TPSA) is 54.7 Å². The Labute approximate surface area is 111 Å². The largest absolute Gasteiger partial charge is 0.324 e. The van der Waals surface area contributed by atoms with Crippen LogP contribution >= 0.6 is 0 Å². The molecule has 1 atom stereocenters. The average molecular weight is 255 g/mol. The molecule has 1 heterocycles. The molecule has 3 nitrogen and oxygen atoms in total. The molecule has 19 heavy (non-hydrogen) atoms. The molecule has 1 aromatic heterocycles. The second kappa shape index (κ2) is 4.52. The van der Waals surface area contributed by atoms with Crippen molar-refractivity contribution in [1.82, 2.24) is 4.57 Å². The zero-order valence-corrected chi connectivity index (χ0v) is 10.4. The molecule has 2 N–H and O–H groups in total. The maximum Gasteiger partial charge on any atom is 0.141 e. The Morgan fingerprint density at radius 2 is 2.21 bits per heavy atom. The van der Waals surface area contributed by atoms with E-state index in [0.29, 0.717) is 0 Å². The fraction of sp³-hybridized carbons (Fsp3) is 0.267. The van der Waals surface area contributed by atoms with Crippen molar-refractivity contribution in [3.05, 3.63) is 53.1 Å². The van der Waals surface area contributed by atoms with Crippen molar-refractivity contribution in [2.75, 3.05) is 0 Å². The van der Waals surface area contributed by atoms with E-state index in [-0.39, 0.29) is 11.6 Å². The van der Waals surface area contributed by atoms with Gasteiger partial charge in [0, 0.05) is 23.6 Å². The Morgan fingerprint density at radius 1 is 1.37 bits per heavy atom. The molecule has 4 heteroatoms. The van der Waals surface area contributed by atoms with Gasteiger partial charge in [-0.3, -0.25) is 0 Å². The fourth-order valence-electron chi connectivity index (χ4n) is 2.72. The van der Waals surface area contributed by atoms with Gasteiger partial charge in [0.1, 0.15) is 11.9 Å². The minimum absolute atomic E-state index is 0.0695. The van der Waals surface area contributed by atoms with Gasteiger partial charge in [-0.2, -0.15) is 5.26 Å². The molecule has 0 bridgehead atoms. The summed E-state index contributed by atoms with van der Waals surface area (Å²) in [6, 6.07) is 8.59. The van der Waals surface area contributed by atoms with Gasteiger partial charge in [-0.15, -0.1) is 0 Å². The van der Waals surface area contributed by atoms with Gasteiger partial charge in [-0.05, 0) is 49.1 Å². The fourth-order valence-corrected chi connectivity index (χ4v) is 2.72. The first-order valence-electron chi connectivity index (χ1n) is 6.36. The minimum atomic E-state index is -0.482. The second-order valence-electron chi connectivity index (χ2n) is 4.86. The maximum atomic E-state index is 13.4. The molecule has 1 aromatic carbocycles. The van der Waals surface area contributed by atoms with Crippen LogP contribution in [0.3, 0.4) is 0 Å². The van der Waals surface area contributed by atoms with E-state index in [1.54, 1.807) is 12.1 Å². The quantitative estimate of drug-likeness (QED) is 0.851. The highest BCUT2D eigenvalue weighted by molar-refractivity contribution is 5.45. The third-order valence-electron chi connectivity index (χ3n) is 3.70. The van der Waals surface area contributed by atoms with E-state index >= 15 is 0 Å². The first-order valence-corrected chi connectivity index (χ1v) is 6.36. The Bertz CT molecular complexity index is 667. The Morgan fingerprint density at radius 3 is 3.00 bits per heavy atom. The maximum absolute atomic E-state index is 13.4. The normalized spacial score (nSPS) is 17.8.